The van der Waals surface area contributed by atoms with Crippen LogP contribution in [0.1, 0.15) is 15.4 Å². The van der Waals surface area contributed by atoms with Crippen molar-refractivity contribution >= 4 is 27.3 Å². The minimum absolute atomic E-state index is 0.0527. The molecular weight excluding hydrogens is 448 g/mol. The van der Waals surface area contributed by atoms with E-state index in [0.717, 1.165) is 34.0 Å². The van der Waals surface area contributed by atoms with Crippen LogP contribution in [0.15, 0.2) is 77.0 Å². The molecular formula is C22H20N4O4S2. The molecule has 10 heteroatoms. The van der Waals surface area contributed by atoms with Crippen molar-refractivity contribution in [2.24, 2.45) is 5.14 Å². The van der Waals surface area contributed by atoms with Gasteiger partial charge in [-0.1, -0.05) is 18.2 Å². The maximum absolute atomic E-state index is 12.8. The van der Waals surface area contributed by atoms with E-state index in [2.05, 4.69) is 10.4 Å². The van der Waals surface area contributed by atoms with Crippen LogP contribution in [0.4, 0.5) is 0 Å². The van der Waals surface area contributed by atoms with Crippen molar-refractivity contribution in [3.05, 3.63) is 83.4 Å². The van der Waals surface area contributed by atoms with Gasteiger partial charge in [0, 0.05) is 10.4 Å². The maximum atomic E-state index is 12.8. The van der Waals surface area contributed by atoms with Crippen molar-refractivity contribution in [2.45, 2.75) is 10.8 Å². The summed E-state index contributed by atoms with van der Waals surface area (Å²) in [5.41, 5.74) is 2.67. The summed E-state index contributed by atoms with van der Waals surface area (Å²) >= 11 is 1.02. The molecule has 0 fully saturated rings. The number of rotatable bonds is 7. The first-order valence-electron chi connectivity index (χ1n) is 9.55. The number of carbonyl (C=O) groups excluding carboxylic acids is 1. The summed E-state index contributed by atoms with van der Waals surface area (Å²) in [5, 5.41) is 12.4. The smallest absolute Gasteiger partial charge is 0.272 e. The first-order chi connectivity index (χ1) is 15.3. The predicted molar refractivity (Wildman–Crippen MR) is 122 cm³/mol. The molecule has 0 saturated heterocycles. The highest BCUT2D eigenvalue weighted by molar-refractivity contribution is 7.91. The number of nitrogens with one attached hydrogen (secondary N) is 1. The molecule has 2 aromatic heterocycles. The van der Waals surface area contributed by atoms with E-state index in [1.165, 1.54) is 6.07 Å². The van der Waals surface area contributed by atoms with E-state index < -0.39 is 10.0 Å². The fourth-order valence-electron chi connectivity index (χ4n) is 3.09. The SMILES string of the molecule is COc1ccc(-c2cc(C(=O)NCc3ccc(S(N)(=O)=O)s3)nn2-c2ccccc2)cc1. The Kier molecular flexibility index (Phi) is 6.08. The second kappa shape index (κ2) is 8.95. The summed E-state index contributed by atoms with van der Waals surface area (Å²) in [7, 11) is -2.16. The zero-order valence-corrected chi connectivity index (χ0v) is 18.7. The maximum Gasteiger partial charge on any atom is 0.272 e. The Morgan fingerprint density at radius 2 is 1.81 bits per heavy atom. The highest BCUT2D eigenvalue weighted by Gasteiger charge is 2.18. The summed E-state index contributed by atoms with van der Waals surface area (Å²) in [6.45, 7) is 0.162. The second-order valence-electron chi connectivity index (χ2n) is 6.84. The number of sulfonamides is 1. The third-order valence-corrected chi connectivity index (χ3v) is 7.19. The number of para-hydroxylation sites is 1. The van der Waals surface area contributed by atoms with Gasteiger partial charge in [-0.05, 0) is 54.6 Å². The highest BCUT2D eigenvalue weighted by Crippen LogP contribution is 2.26. The molecule has 1 amide bonds. The topological polar surface area (TPSA) is 116 Å². The Labute approximate surface area is 189 Å². The van der Waals surface area contributed by atoms with Gasteiger partial charge in [-0.25, -0.2) is 18.2 Å². The largest absolute Gasteiger partial charge is 0.497 e. The van der Waals surface area contributed by atoms with Crippen LogP contribution in [0.25, 0.3) is 16.9 Å². The lowest BCUT2D eigenvalue weighted by atomic mass is 10.1. The molecule has 0 bridgehead atoms. The third-order valence-electron chi connectivity index (χ3n) is 4.67. The number of benzene rings is 2. The van der Waals surface area contributed by atoms with Crippen LogP contribution in [0.3, 0.4) is 0 Å². The van der Waals surface area contributed by atoms with Gasteiger partial charge in [0.1, 0.15) is 9.96 Å². The van der Waals surface area contributed by atoms with E-state index in [1.54, 1.807) is 23.9 Å². The summed E-state index contributed by atoms with van der Waals surface area (Å²) in [4.78, 5) is 13.5. The zero-order valence-electron chi connectivity index (χ0n) is 17.1. The number of hydrogen-bond donors (Lipinski definition) is 2. The molecule has 164 valence electrons. The van der Waals surface area contributed by atoms with E-state index in [1.807, 2.05) is 54.6 Å². The van der Waals surface area contributed by atoms with Crippen molar-refractivity contribution in [1.82, 2.24) is 15.1 Å². The van der Waals surface area contributed by atoms with E-state index in [4.69, 9.17) is 9.88 Å². The Morgan fingerprint density at radius 3 is 2.44 bits per heavy atom. The Balaban J connectivity index is 1.61. The molecule has 8 nitrogen and oxygen atoms in total. The van der Waals surface area contributed by atoms with Crippen molar-refractivity contribution in [3.8, 4) is 22.7 Å². The van der Waals surface area contributed by atoms with Crippen LogP contribution < -0.4 is 15.2 Å². The number of carbonyl (C=O) groups is 1. The quantitative estimate of drug-likeness (QED) is 0.432. The molecule has 0 spiro atoms. The molecule has 0 aliphatic heterocycles. The zero-order chi connectivity index (χ0) is 22.7. The van der Waals surface area contributed by atoms with Gasteiger partial charge in [0.25, 0.3) is 5.91 Å². The number of primary sulfonamides is 1. The normalized spacial score (nSPS) is 11.3. The van der Waals surface area contributed by atoms with Crippen molar-refractivity contribution in [2.75, 3.05) is 7.11 Å². The van der Waals surface area contributed by atoms with Crippen LogP contribution in [0.5, 0.6) is 5.75 Å². The second-order valence-corrected chi connectivity index (χ2v) is 9.80. The van der Waals surface area contributed by atoms with Gasteiger partial charge in [0.2, 0.25) is 10.0 Å². The molecule has 3 N–H and O–H groups in total. The molecule has 4 rings (SSSR count). The Bertz CT molecular complexity index is 1340. The monoisotopic (exact) mass is 468 g/mol. The fourth-order valence-corrected chi connectivity index (χ4v) is 4.81. The summed E-state index contributed by atoms with van der Waals surface area (Å²) in [6.07, 6.45) is 0. The highest BCUT2D eigenvalue weighted by atomic mass is 32.2. The summed E-state index contributed by atoms with van der Waals surface area (Å²) in [6, 6.07) is 21.8. The van der Waals surface area contributed by atoms with Gasteiger partial charge in [0.05, 0.1) is 25.0 Å². The van der Waals surface area contributed by atoms with Crippen LogP contribution >= 0.6 is 11.3 Å². The van der Waals surface area contributed by atoms with Crippen LogP contribution in [-0.4, -0.2) is 31.2 Å². The molecule has 0 atom stereocenters. The molecule has 4 aromatic rings. The fraction of sp³-hybridized carbons (Fsp3) is 0.0909. The van der Waals surface area contributed by atoms with E-state index in [-0.39, 0.29) is 22.4 Å². The minimum atomic E-state index is -3.76. The molecule has 0 saturated carbocycles. The first kappa shape index (κ1) is 21.8. The van der Waals surface area contributed by atoms with Crippen molar-refractivity contribution < 1.29 is 17.9 Å². The van der Waals surface area contributed by atoms with Crippen molar-refractivity contribution in [1.29, 1.82) is 0 Å². The number of nitrogens with zero attached hydrogens (tertiary/aromatic N) is 2. The number of hydrogen-bond acceptors (Lipinski definition) is 6. The van der Waals surface area contributed by atoms with E-state index >= 15 is 0 Å². The van der Waals surface area contributed by atoms with Crippen LogP contribution in [0, 0.1) is 0 Å². The summed E-state index contributed by atoms with van der Waals surface area (Å²) in [5.74, 6) is 0.354. The third kappa shape index (κ3) is 4.72. The number of aromatic nitrogens is 2. The number of thiophene rings is 1. The average molecular weight is 469 g/mol. The van der Waals surface area contributed by atoms with Crippen molar-refractivity contribution in [3.63, 3.8) is 0 Å². The molecule has 0 aliphatic carbocycles. The van der Waals surface area contributed by atoms with Gasteiger partial charge >= 0.3 is 0 Å². The van der Waals surface area contributed by atoms with E-state index in [0.29, 0.717) is 4.88 Å². The van der Waals surface area contributed by atoms with Gasteiger partial charge in [-0.15, -0.1) is 11.3 Å². The van der Waals surface area contributed by atoms with Gasteiger partial charge in [-0.2, -0.15) is 5.10 Å². The van der Waals surface area contributed by atoms with E-state index in [9.17, 15) is 13.2 Å². The molecule has 2 heterocycles. The van der Waals surface area contributed by atoms with Crippen LogP contribution in [-0.2, 0) is 16.6 Å². The molecule has 0 unspecified atom stereocenters. The lowest BCUT2D eigenvalue weighted by molar-refractivity contribution is 0.0946. The van der Waals surface area contributed by atoms with Gasteiger partial charge < -0.3 is 10.1 Å². The molecule has 2 aromatic carbocycles. The molecule has 32 heavy (non-hydrogen) atoms. The van der Waals surface area contributed by atoms with Crippen LogP contribution in [0.2, 0.25) is 0 Å². The first-order valence-corrected chi connectivity index (χ1v) is 11.9. The summed E-state index contributed by atoms with van der Waals surface area (Å²) < 4.78 is 29.9. The number of amides is 1. The minimum Gasteiger partial charge on any atom is -0.497 e. The lowest BCUT2D eigenvalue weighted by Gasteiger charge is -2.08. The predicted octanol–water partition coefficient (Wildman–Crippen LogP) is 3.19. The Hall–Kier alpha value is -3.47. The number of nitrogens with two attached hydrogens (primary N) is 1. The average Bonchev–Trinajstić information content (AvgIpc) is 3.46. The van der Waals surface area contributed by atoms with Gasteiger partial charge in [-0.3, -0.25) is 4.79 Å². The molecule has 0 radical (unpaired) electrons. The number of methoxy groups -OCH3 is 1. The standard InChI is InChI=1S/C22H20N4O4S2/c1-30-17-9-7-15(8-10-17)20-13-19(25-26(20)16-5-3-2-4-6-16)22(27)24-14-18-11-12-21(31-18)32(23,28)29/h2-13H,14H2,1H3,(H,24,27)(H2,23,28,29). The van der Waals surface area contributed by atoms with Gasteiger partial charge in [0.15, 0.2) is 5.69 Å². The Morgan fingerprint density at radius 1 is 1.09 bits per heavy atom. The number of ether oxygens (including phenoxy) is 1. The molecule has 0 aliphatic rings. The lowest BCUT2D eigenvalue weighted by Crippen LogP contribution is -2.23.